The molecule has 1 aliphatic heterocycles. The SMILES string of the molecule is O=C(COc1ccc(Cl)cc1Cl)NN1C(=O)NC2(CCCCC2)C1=O. The molecule has 0 radical (unpaired) electrons. The van der Waals surface area contributed by atoms with Crippen LogP contribution in [0.1, 0.15) is 32.1 Å². The van der Waals surface area contributed by atoms with Gasteiger partial charge in [-0.25, -0.2) is 4.79 Å². The zero-order chi connectivity index (χ0) is 18.0. The third kappa shape index (κ3) is 3.67. The molecule has 2 aliphatic rings. The number of hydrazine groups is 1. The van der Waals surface area contributed by atoms with Gasteiger partial charge in [-0.3, -0.25) is 15.0 Å². The number of amides is 4. The van der Waals surface area contributed by atoms with Gasteiger partial charge >= 0.3 is 6.03 Å². The van der Waals surface area contributed by atoms with Gasteiger partial charge in [-0.05, 0) is 31.0 Å². The Hall–Kier alpha value is -1.99. The number of benzene rings is 1. The molecule has 0 unspecified atom stereocenters. The largest absolute Gasteiger partial charge is 0.482 e. The number of urea groups is 1. The number of hydrogen-bond donors (Lipinski definition) is 2. The Kier molecular flexibility index (Phi) is 5.06. The number of nitrogens with one attached hydrogen (secondary N) is 2. The van der Waals surface area contributed by atoms with Crippen LogP contribution in [-0.2, 0) is 9.59 Å². The topological polar surface area (TPSA) is 87.7 Å². The molecule has 25 heavy (non-hydrogen) atoms. The number of nitrogens with zero attached hydrogens (tertiary/aromatic N) is 1. The summed E-state index contributed by atoms with van der Waals surface area (Å²) in [6.07, 6.45) is 3.94. The third-order valence-electron chi connectivity index (χ3n) is 4.36. The van der Waals surface area contributed by atoms with Crippen molar-refractivity contribution in [3.05, 3.63) is 28.2 Å². The monoisotopic (exact) mass is 385 g/mol. The van der Waals surface area contributed by atoms with Gasteiger partial charge in [0.2, 0.25) is 0 Å². The van der Waals surface area contributed by atoms with Crippen LogP contribution >= 0.6 is 23.2 Å². The predicted molar refractivity (Wildman–Crippen MR) is 91.3 cm³/mol. The number of rotatable bonds is 4. The number of hydrogen-bond acceptors (Lipinski definition) is 4. The van der Waals surface area contributed by atoms with Crippen LogP contribution in [0.25, 0.3) is 0 Å². The van der Waals surface area contributed by atoms with Gasteiger partial charge in [0.05, 0.1) is 5.02 Å². The van der Waals surface area contributed by atoms with Gasteiger partial charge in [-0.1, -0.05) is 42.5 Å². The summed E-state index contributed by atoms with van der Waals surface area (Å²) in [5, 5.41) is 4.15. The number of halogens is 2. The summed E-state index contributed by atoms with van der Waals surface area (Å²) in [6, 6.07) is 3.97. The van der Waals surface area contributed by atoms with Gasteiger partial charge < -0.3 is 10.1 Å². The van der Waals surface area contributed by atoms with E-state index in [4.69, 9.17) is 27.9 Å². The van der Waals surface area contributed by atoms with E-state index >= 15 is 0 Å². The van der Waals surface area contributed by atoms with Crippen molar-refractivity contribution in [2.75, 3.05) is 6.61 Å². The van der Waals surface area contributed by atoms with Crippen molar-refractivity contribution < 1.29 is 19.1 Å². The first-order valence-electron chi connectivity index (χ1n) is 7.95. The highest BCUT2D eigenvalue weighted by Crippen LogP contribution is 2.33. The minimum atomic E-state index is -0.886. The molecule has 1 saturated carbocycles. The van der Waals surface area contributed by atoms with E-state index in [1.807, 2.05) is 0 Å². The first-order valence-corrected chi connectivity index (χ1v) is 8.71. The van der Waals surface area contributed by atoms with Gasteiger partial charge in [-0.15, -0.1) is 0 Å². The molecule has 1 heterocycles. The molecule has 3 rings (SSSR count). The van der Waals surface area contributed by atoms with Crippen molar-refractivity contribution in [3.8, 4) is 5.75 Å². The second-order valence-corrected chi connectivity index (χ2v) is 6.96. The Morgan fingerprint density at radius 3 is 2.64 bits per heavy atom. The highest BCUT2D eigenvalue weighted by Gasteiger charge is 2.52. The van der Waals surface area contributed by atoms with Crippen LogP contribution < -0.4 is 15.5 Å². The van der Waals surface area contributed by atoms with Crippen molar-refractivity contribution >= 4 is 41.0 Å². The average Bonchev–Trinajstić information content (AvgIpc) is 2.79. The Morgan fingerprint density at radius 2 is 1.96 bits per heavy atom. The zero-order valence-corrected chi connectivity index (χ0v) is 14.8. The second-order valence-electron chi connectivity index (χ2n) is 6.11. The predicted octanol–water partition coefficient (Wildman–Crippen LogP) is 2.66. The minimum Gasteiger partial charge on any atom is -0.482 e. The molecule has 1 aromatic rings. The van der Waals surface area contributed by atoms with E-state index in [0.29, 0.717) is 17.9 Å². The van der Waals surface area contributed by atoms with Gasteiger partial charge in [0.25, 0.3) is 11.8 Å². The first-order chi connectivity index (χ1) is 11.9. The van der Waals surface area contributed by atoms with Gasteiger partial charge in [0.1, 0.15) is 11.3 Å². The molecule has 4 amide bonds. The highest BCUT2D eigenvalue weighted by atomic mass is 35.5. The van der Waals surface area contributed by atoms with E-state index in [-0.39, 0.29) is 10.8 Å². The van der Waals surface area contributed by atoms with Crippen LogP contribution in [0.3, 0.4) is 0 Å². The summed E-state index contributed by atoms with van der Waals surface area (Å²) >= 11 is 11.7. The summed E-state index contributed by atoms with van der Waals surface area (Å²) in [4.78, 5) is 36.6. The maximum absolute atomic E-state index is 12.5. The Labute approximate surface area is 154 Å². The lowest BCUT2D eigenvalue weighted by Gasteiger charge is -2.30. The number of carbonyl (C=O) groups is 3. The molecule has 1 aromatic carbocycles. The molecular formula is C16H17Cl2N3O4. The van der Waals surface area contributed by atoms with E-state index in [1.165, 1.54) is 12.1 Å². The Balaban J connectivity index is 1.59. The minimum absolute atomic E-state index is 0.261. The van der Waals surface area contributed by atoms with E-state index in [9.17, 15) is 14.4 Å². The maximum atomic E-state index is 12.5. The van der Waals surface area contributed by atoms with Crippen molar-refractivity contribution in [1.29, 1.82) is 0 Å². The third-order valence-corrected chi connectivity index (χ3v) is 4.89. The summed E-state index contributed by atoms with van der Waals surface area (Å²) in [5.41, 5.74) is 1.40. The molecule has 7 nitrogen and oxygen atoms in total. The van der Waals surface area contributed by atoms with Crippen molar-refractivity contribution in [1.82, 2.24) is 15.8 Å². The van der Waals surface area contributed by atoms with Gasteiger partial charge in [-0.2, -0.15) is 5.01 Å². The van der Waals surface area contributed by atoms with Crippen LogP contribution in [0.2, 0.25) is 10.0 Å². The van der Waals surface area contributed by atoms with Crippen LogP contribution in [0.4, 0.5) is 4.79 Å². The average molecular weight is 386 g/mol. The molecule has 0 aromatic heterocycles. The van der Waals surface area contributed by atoms with Crippen LogP contribution in [0, 0.1) is 0 Å². The molecule has 1 aliphatic carbocycles. The van der Waals surface area contributed by atoms with E-state index in [2.05, 4.69) is 10.7 Å². The van der Waals surface area contributed by atoms with Gasteiger partial charge in [0, 0.05) is 5.02 Å². The fraction of sp³-hybridized carbons (Fsp3) is 0.438. The second kappa shape index (κ2) is 7.09. The summed E-state index contributed by atoms with van der Waals surface area (Å²) in [6.45, 7) is -0.397. The van der Waals surface area contributed by atoms with Gasteiger partial charge in [0.15, 0.2) is 6.61 Å². The van der Waals surface area contributed by atoms with Crippen LogP contribution in [0.15, 0.2) is 18.2 Å². The van der Waals surface area contributed by atoms with E-state index in [1.54, 1.807) is 6.07 Å². The highest BCUT2D eigenvalue weighted by molar-refractivity contribution is 6.35. The molecule has 2 N–H and O–H groups in total. The number of carbonyl (C=O) groups excluding carboxylic acids is 3. The molecule has 0 bridgehead atoms. The molecular weight excluding hydrogens is 369 g/mol. The van der Waals surface area contributed by atoms with E-state index < -0.39 is 30.0 Å². The Morgan fingerprint density at radius 1 is 1.24 bits per heavy atom. The molecule has 134 valence electrons. The zero-order valence-electron chi connectivity index (χ0n) is 13.3. The fourth-order valence-electron chi connectivity index (χ4n) is 3.11. The van der Waals surface area contributed by atoms with Crippen LogP contribution in [-0.4, -0.2) is 35.0 Å². The Bertz CT molecular complexity index is 719. The molecule has 1 spiro atoms. The van der Waals surface area contributed by atoms with E-state index in [0.717, 1.165) is 24.3 Å². The fourth-order valence-corrected chi connectivity index (χ4v) is 3.57. The molecule has 1 saturated heterocycles. The molecule has 2 fully saturated rings. The summed E-state index contributed by atoms with van der Waals surface area (Å²) < 4.78 is 5.30. The first kappa shape index (κ1) is 17.8. The van der Waals surface area contributed by atoms with Crippen molar-refractivity contribution in [2.45, 2.75) is 37.6 Å². The van der Waals surface area contributed by atoms with Crippen molar-refractivity contribution in [3.63, 3.8) is 0 Å². The quantitative estimate of drug-likeness (QED) is 0.779. The number of ether oxygens (including phenoxy) is 1. The lowest BCUT2D eigenvalue weighted by atomic mass is 9.82. The maximum Gasteiger partial charge on any atom is 0.344 e. The molecule has 0 atom stereocenters. The molecule has 9 heteroatoms. The summed E-state index contributed by atoms with van der Waals surface area (Å²) in [7, 11) is 0. The van der Waals surface area contributed by atoms with Crippen molar-refractivity contribution in [2.24, 2.45) is 0 Å². The smallest absolute Gasteiger partial charge is 0.344 e. The van der Waals surface area contributed by atoms with Crippen LogP contribution in [0.5, 0.6) is 5.75 Å². The lowest BCUT2D eigenvalue weighted by Crippen LogP contribution is -2.51. The normalized spacial score (nSPS) is 19.0. The lowest BCUT2D eigenvalue weighted by molar-refractivity contribution is -0.140. The number of imide groups is 1. The standard InChI is InChI=1S/C16H17Cl2N3O4/c17-10-4-5-12(11(18)8-10)25-9-13(22)20-21-14(23)16(19-15(21)24)6-2-1-3-7-16/h4-5,8H,1-3,6-7,9H2,(H,19,24)(H,20,22). The summed E-state index contributed by atoms with van der Waals surface area (Å²) in [5.74, 6) is -0.778.